The third-order valence-electron chi connectivity index (χ3n) is 2.92. The first kappa shape index (κ1) is 13.7. The first-order chi connectivity index (χ1) is 8.31. The quantitative estimate of drug-likeness (QED) is 0.910. The zero-order chi connectivity index (χ0) is 13.4. The predicted octanol–water partition coefficient (Wildman–Crippen LogP) is 1.97. The second-order valence-electron chi connectivity index (χ2n) is 6.07. The summed E-state index contributed by atoms with van der Waals surface area (Å²) in [7, 11) is 1.91. The zero-order valence-electron chi connectivity index (χ0n) is 11.8. The highest BCUT2D eigenvalue weighted by Gasteiger charge is 2.38. The van der Waals surface area contributed by atoms with Gasteiger partial charge in [-0.3, -0.25) is 4.90 Å². The minimum atomic E-state index is -0.120. The monoisotopic (exact) mass is 270 g/mol. The standard InChI is InChI=1S/C12H22N4OS/c1-11(2)7-16(8-12(3,4)17-11)6-9-10(13-5)18-15-14-9/h13H,6-8H2,1-5H3. The van der Waals surface area contributed by atoms with E-state index in [2.05, 4.69) is 47.5 Å². The molecule has 0 amide bonds. The molecule has 1 fully saturated rings. The summed E-state index contributed by atoms with van der Waals surface area (Å²) < 4.78 is 10.1. The third kappa shape index (κ3) is 3.18. The van der Waals surface area contributed by atoms with E-state index in [0.717, 1.165) is 30.3 Å². The van der Waals surface area contributed by atoms with Crippen LogP contribution in [0.5, 0.6) is 0 Å². The molecule has 0 radical (unpaired) electrons. The van der Waals surface area contributed by atoms with Crippen molar-refractivity contribution < 1.29 is 4.74 Å². The van der Waals surface area contributed by atoms with Crippen molar-refractivity contribution in [3.8, 4) is 0 Å². The van der Waals surface area contributed by atoms with Crippen molar-refractivity contribution >= 4 is 16.5 Å². The second-order valence-corrected chi connectivity index (χ2v) is 6.82. The van der Waals surface area contributed by atoms with Crippen LogP contribution in [-0.4, -0.2) is 45.8 Å². The molecule has 0 spiro atoms. The van der Waals surface area contributed by atoms with Crippen LogP contribution in [0.1, 0.15) is 33.4 Å². The lowest BCUT2D eigenvalue weighted by molar-refractivity contribution is -0.182. The Bertz CT molecular complexity index is 400. The van der Waals surface area contributed by atoms with Crippen molar-refractivity contribution in [1.29, 1.82) is 0 Å². The van der Waals surface area contributed by atoms with E-state index < -0.39 is 0 Å². The Kier molecular flexibility index (Phi) is 3.62. The molecule has 1 N–H and O–H groups in total. The summed E-state index contributed by atoms with van der Waals surface area (Å²) >= 11 is 1.41. The van der Waals surface area contributed by atoms with E-state index in [1.165, 1.54) is 11.5 Å². The van der Waals surface area contributed by atoms with Crippen molar-refractivity contribution in [3.63, 3.8) is 0 Å². The molecule has 0 aromatic carbocycles. The fourth-order valence-electron chi connectivity index (χ4n) is 2.77. The van der Waals surface area contributed by atoms with Gasteiger partial charge in [0.25, 0.3) is 0 Å². The van der Waals surface area contributed by atoms with Gasteiger partial charge in [0, 0.05) is 38.2 Å². The normalized spacial score (nSPS) is 22.9. The van der Waals surface area contributed by atoms with Gasteiger partial charge in [0.05, 0.1) is 11.2 Å². The van der Waals surface area contributed by atoms with Gasteiger partial charge in [-0.15, -0.1) is 5.10 Å². The lowest BCUT2D eigenvalue weighted by Gasteiger charge is -2.47. The smallest absolute Gasteiger partial charge is 0.134 e. The number of aromatic nitrogens is 2. The van der Waals surface area contributed by atoms with Crippen molar-refractivity contribution in [1.82, 2.24) is 14.5 Å². The molecule has 1 saturated heterocycles. The zero-order valence-corrected chi connectivity index (χ0v) is 12.6. The Morgan fingerprint density at radius 3 is 2.44 bits per heavy atom. The Morgan fingerprint density at radius 1 is 1.28 bits per heavy atom. The second kappa shape index (κ2) is 4.75. The summed E-state index contributed by atoms with van der Waals surface area (Å²) in [6.07, 6.45) is 0. The molecule has 18 heavy (non-hydrogen) atoms. The molecule has 2 rings (SSSR count). The van der Waals surface area contributed by atoms with Crippen LogP contribution in [0, 0.1) is 0 Å². The molecule has 0 atom stereocenters. The van der Waals surface area contributed by atoms with Gasteiger partial charge in [-0.05, 0) is 27.7 Å². The fourth-order valence-corrected chi connectivity index (χ4v) is 3.29. The summed E-state index contributed by atoms with van der Waals surface area (Å²) in [5, 5.41) is 8.40. The van der Waals surface area contributed by atoms with Gasteiger partial charge in [0.15, 0.2) is 0 Å². The number of ether oxygens (including phenoxy) is 1. The molecule has 5 nitrogen and oxygen atoms in total. The largest absolute Gasteiger partial charge is 0.377 e. The average molecular weight is 270 g/mol. The maximum absolute atomic E-state index is 6.08. The Labute approximate surface area is 113 Å². The predicted molar refractivity (Wildman–Crippen MR) is 74.0 cm³/mol. The van der Waals surface area contributed by atoms with Crippen molar-refractivity contribution in [3.05, 3.63) is 5.69 Å². The van der Waals surface area contributed by atoms with Crippen molar-refractivity contribution in [2.75, 3.05) is 25.5 Å². The molecular formula is C12H22N4OS. The summed E-state index contributed by atoms with van der Waals surface area (Å²) in [6.45, 7) is 11.2. The van der Waals surface area contributed by atoms with E-state index in [9.17, 15) is 0 Å². The Morgan fingerprint density at radius 2 is 1.89 bits per heavy atom. The van der Waals surface area contributed by atoms with Crippen LogP contribution in [0.3, 0.4) is 0 Å². The molecule has 0 unspecified atom stereocenters. The molecule has 102 valence electrons. The van der Waals surface area contributed by atoms with E-state index in [0.29, 0.717) is 0 Å². The number of hydrogen-bond donors (Lipinski definition) is 1. The molecule has 2 heterocycles. The maximum atomic E-state index is 6.08. The van der Waals surface area contributed by atoms with Gasteiger partial charge >= 0.3 is 0 Å². The molecule has 6 heteroatoms. The SMILES string of the molecule is CNc1snnc1CN1CC(C)(C)OC(C)(C)C1. The van der Waals surface area contributed by atoms with E-state index in [1.54, 1.807) is 0 Å². The number of rotatable bonds is 3. The van der Waals surface area contributed by atoms with Crippen LogP contribution in [0.15, 0.2) is 0 Å². The molecule has 1 aromatic rings. The molecule has 1 aromatic heterocycles. The summed E-state index contributed by atoms with van der Waals surface area (Å²) in [5.41, 5.74) is 0.784. The number of anilines is 1. The summed E-state index contributed by atoms with van der Waals surface area (Å²) in [4.78, 5) is 2.39. The average Bonchev–Trinajstić information content (AvgIpc) is 2.59. The van der Waals surface area contributed by atoms with Crippen molar-refractivity contribution in [2.45, 2.75) is 45.4 Å². The van der Waals surface area contributed by atoms with Crippen LogP contribution in [-0.2, 0) is 11.3 Å². The summed E-state index contributed by atoms with van der Waals surface area (Å²) in [5.74, 6) is 0. The molecular weight excluding hydrogens is 248 g/mol. The molecule has 1 aliphatic heterocycles. The van der Waals surface area contributed by atoms with Crippen LogP contribution in [0.25, 0.3) is 0 Å². The third-order valence-corrected chi connectivity index (χ3v) is 3.70. The summed E-state index contributed by atoms with van der Waals surface area (Å²) in [6, 6.07) is 0. The van der Waals surface area contributed by atoms with Crippen LogP contribution in [0.2, 0.25) is 0 Å². The van der Waals surface area contributed by atoms with E-state index in [1.807, 2.05) is 7.05 Å². The van der Waals surface area contributed by atoms with Crippen LogP contribution < -0.4 is 5.32 Å². The van der Waals surface area contributed by atoms with Gasteiger partial charge in [0.1, 0.15) is 10.7 Å². The lowest BCUT2D eigenvalue weighted by Crippen LogP contribution is -2.56. The van der Waals surface area contributed by atoms with Crippen molar-refractivity contribution in [2.24, 2.45) is 0 Å². The van der Waals surface area contributed by atoms with E-state index >= 15 is 0 Å². The number of nitrogens with one attached hydrogen (secondary N) is 1. The van der Waals surface area contributed by atoms with E-state index in [4.69, 9.17) is 4.74 Å². The Balaban J connectivity index is 2.09. The van der Waals surface area contributed by atoms with Gasteiger partial charge < -0.3 is 10.1 Å². The number of morpholine rings is 1. The van der Waals surface area contributed by atoms with Crippen LogP contribution in [0.4, 0.5) is 5.00 Å². The van der Waals surface area contributed by atoms with Gasteiger partial charge in [-0.1, -0.05) is 4.49 Å². The van der Waals surface area contributed by atoms with Gasteiger partial charge in [-0.2, -0.15) is 0 Å². The number of nitrogens with zero attached hydrogens (tertiary/aromatic N) is 3. The highest BCUT2D eigenvalue weighted by Crippen LogP contribution is 2.30. The molecule has 0 bridgehead atoms. The first-order valence-corrected chi connectivity index (χ1v) is 7.00. The number of hydrogen-bond acceptors (Lipinski definition) is 6. The fraction of sp³-hybridized carbons (Fsp3) is 0.833. The maximum Gasteiger partial charge on any atom is 0.134 e. The molecule has 0 aliphatic carbocycles. The molecule has 1 aliphatic rings. The first-order valence-electron chi connectivity index (χ1n) is 6.23. The minimum Gasteiger partial charge on any atom is -0.377 e. The molecule has 0 saturated carbocycles. The topological polar surface area (TPSA) is 50.3 Å². The van der Waals surface area contributed by atoms with Gasteiger partial charge in [-0.25, -0.2) is 0 Å². The minimum absolute atomic E-state index is 0.120. The lowest BCUT2D eigenvalue weighted by atomic mass is 9.99. The van der Waals surface area contributed by atoms with Crippen LogP contribution >= 0.6 is 11.5 Å². The highest BCUT2D eigenvalue weighted by molar-refractivity contribution is 7.10. The highest BCUT2D eigenvalue weighted by atomic mass is 32.1. The van der Waals surface area contributed by atoms with Gasteiger partial charge in [0.2, 0.25) is 0 Å². The Hall–Kier alpha value is -0.720. The van der Waals surface area contributed by atoms with E-state index in [-0.39, 0.29) is 11.2 Å².